The molecular formula is C9H12F3N3. The summed E-state index contributed by atoms with van der Waals surface area (Å²) in [6, 6.07) is 0.894. The van der Waals surface area contributed by atoms with E-state index in [-0.39, 0.29) is 6.04 Å². The third kappa shape index (κ3) is 2.50. The van der Waals surface area contributed by atoms with Crippen LogP contribution in [0.5, 0.6) is 0 Å². The van der Waals surface area contributed by atoms with E-state index in [1.54, 1.807) is 0 Å². The molecule has 0 bridgehead atoms. The predicted octanol–water partition coefficient (Wildman–Crippen LogP) is 1.64. The molecule has 0 amide bonds. The van der Waals surface area contributed by atoms with Gasteiger partial charge in [-0.3, -0.25) is 4.68 Å². The Morgan fingerprint density at radius 2 is 2.20 bits per heavy atom. The van der Waals surface area contributed by atoms with E-state index in [1.165, 1.54) is 10.9 Å². The van der Waals surface area contributed by atoms with E-state index in [1.807, 2.05) is 0 Å². The lowest BCUT2D eigenvalue weighted by Gasteiger charge is -2.09. The summed E-state index contributed by atoms with van der Waals surface area (Å²) in [5.74, 6) is 0.462. The van der Waals surface area contributed by atoms with Gasteiger partial charge in [0.15, 0.2) is 5.69 Å². The summed E-state index contributed by atoms with van der Waals surface area (Å²) in [5, 5.41) is 3.44. The molecule has 1 atom stereocenters. The monoisotopic (exact) mass is 219 g/mol. The minimum atomic E-state index is -4.37. The molecule has 1 aromatic rings. The number of rotatable bonds is 3. The Balaban J connectivity index is 2.00. The number of halogens is 3. The second kappa shape index (κ2) is 3.52. The van der Waals surface area contributed by atoms with Crippen molar-refractivity contribution >= 4 is 0 Å². The van der Waals surface area contributed by atoms with E-state index in [0.29, 0.717) is 12.5 Å². The van der Waals surface area contributed by atoms with Crippen molar-refractivity contribution in [1.82, 2.24) is 9.78 Å². The Bertz CT molecular complexity index is 341. The van der Waals surface area contributed by atoms with E-state index in [9.17, 15) is 13.2 Å². The van der Waals surface area contributed by atoms with Crippen LogP contribution in [-0.4, -0.2) is 15.8 Å². The highest BCUT2D eigenvalue weighted by molar-refractivity contribution is 5.03. The first-order chi connectivity index (χ1) is 6.97. The van der Waals surface area contributed by atoms with Gasteiger partial charge in [0.05, 0.1) is 6.54 Å². The Morgan fingerprint density at radius 1 is 1.53 bits per heavy atom. The first-order valence-electron chi connectivity index (χ1n) is 4.83. The zero-order valence-electron chi connectivity index (χ0n) is 8.04. The second-order valence-electron chi connectivity index (χ2n) is 3.92. The Morgan fingerprint density at radius 3 is 2.67 bits per heavy atom. The van der Waals surface area contributed by atoms with Crippen molar-refractivity contribution in [2.24, 2.45) is 11.7 Å². The normalized spacial score (nSPS) is 19.2. The SMILES string of the molecule is NC(Cn1ccc(C(F)(F)F)n1)C1CC1. The van der Waals surface area contributed by atoms with Crippen LogP contribution in [0.4, 0.5) is 13.2 Å². The fraction of sp³-hybridized carbons (Fsp3) is 0.667. The van der Waals surface area contributed by atoms with Crippen LogP contribution in [0.1, 0.15) is 18.5 Å². The smallest absolute Gasteiger partial charge is 0.326 e. The van der Waals surface area contributed by atoms with Crippen LogP contribution in [0.3, 0.4) is 0 Å². The van der Waals surface area contributed by atoms with Gasteiger partial charge < -0.3 is 5.73 Å². The van der Waals surface area contributed by atoms with Crippen LogP contribution in [0.25, 0.3) is 0 Å². The number of nitrogens with two attached hydrogens (primary N) is 1. The van der Waals surface area contributed by atoms with Crippen LogP contribution >= 0.6 is 0 Å². The summed E-state index contributed by atoms with van der Waals surface area (Å²) in [6.07, 6.45) is -0.886. The molecule has 1 aliphatic rings. The molecular weight excluding hydrogens is 207 g/mol. The van der Waals surface area contributed by atoms with Crippen LogP contribution in [0.2, 0.25) is 0 Å². The minimum Gasteiger partial charge on any atom is -0.326 e. The van der Waals surface area contributed by atoms with Gasteiger partial charge in [-0.05, 0) is 24.8 Å². The molecule has 15 heavy (non-hydrogen) atoms. The quantitative estimate of drug-likeness (QED) is 0.839. The van der Waals surface area contributed by atoms with Gasteiger partial charge in [0, 0.05) is 12.2 Å². The highest BCUT2D eigenvalue weighted by atomic mass is 19.4. The molecule has 2 N–H and O–H groups in total. The summed E-state index contributed by atoms with van der Waals surface area (Å²) >= 11 is 0. The fourth-order valence-electron chi connectivity index (χ4n) is 1.50. The Labute approximate surface area is 85.1 Å². The molecule has 1 aliphatic carbocycles. The van der Waals surface area contributed by atoms with E-state index < -0.39 is 11.9 Å². The molecule has 0 aliphatic heterocycles. The van der Waals surface area contributed by atoms with Crippen molar-refractivity contribution in [3.63, 3.8) is 0 Å². The average molecular weight is 219 g/mol. The topological polar surface area (TPSA) is 43.8 Å². The van der Waals surface area contributed by atoms with Crippen LogP contribution < -0.4 is 5.73 Å². The molecule has 0 radical (unpaired) electrons. The third-order valence-electron chi connectivity index (χ3n) is 2.56. The molecule has 1 heterocycles. The first kappa shape index (κ1) is 10.5. The van der Waals surface area contributed by atoms with Crippen LogP contribution in [0, 0.1) is 5.92 Å². The van der Waals surface area contributed by atoms with Crippen LogP contribution in [0.15, 0.2) is 12.3 Å². The molecule has 1 saturated carbocycles. The van der Waals surface area contributed by atoms with Crippen molar-refractivity contribution in [2.45, 2.75) is 31.6 Å². The van der Waals surface area contributed by atoms with Crippen molar-refractivity contribution < 1.29 is 13.2 Å². The van der Waals surface area contributed by atoms with Crippen LogP contribution in [-0.2, 0) is 12.7 Å². The molecule has 0 saturated heterocycles. The standard InChI is InChI=1S/C9H12F3N3/c10-9(11,12)8-3-4-15(14-8)5-7(13)6-1-2-6/h3-4,6-7H,1-2,5,13H2. The maximum Gasteiger partial charge on any atom is 0.435 e. The number of hydrogen-bond donors (Lipinski definition) is 1. The third-order valence-corrected chi connectivity index (χ3v) is 2.56. The van der Waals surface area contributed by atoms with E-state index in [4.69, 9.17) is 5.73 Å². The van der Waals surface area contributed by atoms with E-state index >= 15 is 0 Å². The maximum absolute atomic E-state index is 12.2. The lowest BCUT2D eigenvalue weighted by molar-refractivity contribution is -0.141. The number of alkyl halides is 3. The molecule has 0 aromatic carbocycles. The zero-order chi connectivity index (χ0) is 11.1. The summed E-state index contributed by atoms with van der Waals surface area (Å²) in [6.45, 7) is 0.362. The van der Waals surface area contributed by atoms with Gasteiger partial charge in [-0.1, -0.05) is 0 Å². The van der Waals surface area contributed by atoms with Crippen molar-refractivity contribution in [3.05, 3.63) is 18.0 Å². The number of nitrogens with zero attached hydrogens (tertiary/aromatic N) is 2. The average Bonchev–Trinajstić information content (AvgIpc) is 2.86. The molecule has 6 heteroatoms. The first-order valence-corrected chi connectivity index (χ1v) is 4.83. The van der Waals surface area contributed by atoms with Gasteiger partial charge in [0.25, 0.3) is 0 Å². The highest BCUT2D eigenvalue weighted by Crippen LogP contribution is 2.32. The lowest BCUT2D eigenvalue weighted by atomic mass is 10.2. The Hall–Kier alpha value is -1.04. The van der Waals surface area contributed by atoms with Gasteiger partial charge >= 0.3 is 6.18 Å². The molecule has 1 unspecified atom stereocenters. The molecule has 2 rings (SSSR count). The fourth-order valence-corrected chi connectivity index (χ4v) is 1.50. The van der Waals surface area contributed by atoms with Crippen molar-refractivity contribution in [1.29, 1.82) is 0 Å². The Kier molecular flexibility index (Phi) is 2.46. The minimum absolute atomic E-state index is 0.0778. The van der Waals surface area contributed by atoms with Crippen molar-refractivity contribution in [2.75, 3.05) is 0 Å². The molecule has 1 fully saturated rings. The van der Waals surface area contributed by atoms with E-state index in [2.05, 4.69) is 5.10 Å². The van der Waals surface area contributed by atoms with Gasteiger partial charge in [-0.25, -0.2) is 0 Å². The highest BCUT2D eigenvalue weighted by Gasteiger charge is 2.34. The summed E-state index contributed by atoms with van der Waals surface area (Å²) in [4.78, 5) is 0. The van der Waals surface area contributed by atoms with E-state index in [0.717, 1.165) is 18.9 Å². The maximum atomic E-state index is 12.2. The predicted molar refractivity (Wildman–Crippen MR) is 47.9 cm³/mol. The molecule has 0 spiro atoms. The van der Waals surface area contributed by atoms with Crippen molar-refractivity contribution in [3.8, 4) is 0 Å². The van der Waals surface area contributed by atoms with Gasteiger partial charge in [-0.2, -0.15) is 18.3 Å². The lowest BCUT2D eigenvalue weighted by Crippen LogP contribution is -2.28. The second-order valence-corrected chi connectivity index (χ2v) is 3.92. The molecule has 84 valence electrons. The summed E-state index contributed by atoms with van der Waals surface area (Å²) in [5.41, 5.74) is 4.93. The van der Waals surface area contributed by atoms with Gasteiger partial charge in [0.2, 0.25) is 0 Å². The zero-order valence-corrected chi connectivity index (χ0v) is 8.04. The van der Waals surface area contributed by atoms with Gasteiger partial charge in [0.1, 0.15) is 0 Å². The summed E-state index contributed by atoms with van der Waals surface area (Å²) in [7, 11) is 0. The number of hydrogen-bond acceptors (Lipinski definition) is 2. The largest absolute Gasteiger partial charge is 0.435 e. The number of aromatic nitrogens is 2. The van der Waals surface area contributed by atoms with Gasteiger partial charge in [-0.15, -0.1) is 0 Å². The molecule has 3 nitrogen and oxygen atoms in total. The summed E-state index contributed by atoms with van der Waals surface area (Å²) < 4.78 is 37.9. The molecule has 1 aromatic heterocycles.